The largest absolute Gasteiger partial charge is 0.491 e. The van der Waals surface area contributed by atoms with Crippen molar-refractivity contribution in [1.82, 2.24) is 15.2 Å². The molecule has 0 amide bonds. The Kier molecular flexibility index (Phi) is 5.31. The molecule has 6 nitrogen and oxygen atoms in total. The van der Waals surface area contributed by atoms with Crippen molar-refractivity contribution in [2.24, 2.45) is 0 Å². The lowest BCUT2D eigenvalue weighted by Crippen LogP contribution is -2.07. The lowest BCUT2D eigenvalue weighted by molar-refractivity contribution is 0.242. The van der Waals surface area contributed by atoms with Crippen LogP contribution >= 0.6 is 0 Å². The van der Waals surface area contributed by atoms with Gasteiger partial charge in [-0.1, -0.05) is 6.92 Å². The summed E-state index contributed by atoms with van der Waals surface area (Å²) in [7, 11) is 0. The van der Waals surface area contributed by atoms with Gasteiger partial charge in [0, 0.05) is 12.2 Å². The zero-order chi connectivity index (χ0) is 15.1. The number of benzene rings is 1. The Bertz CT molecular complexity index is 556. The molecule has 21 heavy (non-hydrogen) atoms. The highest BCUT2D eigenvalue weighted by atomic mass is 16.5. The van der Waals surface area contributed by atoms with Crippen molar-refractivity contribution in [3.8, 4) is 5.75 Å². The Balaban J connectivity index is 2.00. The topological polar surface area (TPSA) is 72.0 Å². The van der Waals surface area contributed by atoms with E-state index in [1.165, 1.54) is 0 Å². The number of nitrogens with one attached hydrogen (secondary N) is 2. The Hall–Kier alpha value is -2.37. The molecule has 0 radical (unpaired) electrons. The molecule has 0 aliphatic rings. The van der Waals surface area contributed by atoms with Gasteiger partial charge >= 0.3 is 0 Å². The summed E-state index contributed by atoms with van der Waals surface area (Å²) < 4.78 is 5.61. The molecule has 0 saturated carbocycles. The maximum absolute atomic E-state index is 5.61. The lowest BCUT2D eigenvalue weighted by Gasteiger charge is -2.11. The minimum Gasteiger partial charge on any atom is -0.491 e. The van der Waals surface area contributed by atoms with E-state index in [1.54, 1.807) is 6.20 Å². The molecule has 1 aromatic heterocycles. The van der Waals surface area contributed by atoms with E-state index < -0.39 is 0 Å². The first-order chi connectivity index (χ1) is 10.2. The first-order valence-electron chi connectivity index (χ1n) is 7.14. The van der Waals surface area contributed by atoms with Gasteiger partial charge in [-0.2, -0.15) is 10.1 Å². The fourth-order valence-electron chi connectivity index (χ4n) is 1.71. The van der Waals surface area contributed by atoms with Crippen molar-refractivity contribution >= 4 is 17.5 Å². The van der Waals surface area contributed by atoms with Gasteiger partial charge in [0.25, 0.3) is 0 Å². The molecule has 0 atom stereocenters. The maximum Gasteiger partial charge on any atom is 0.244 e. The SMILES string of the molecule is CCCNc1nncc(Nc2ccc(OC(C)C)cc2)n1. The second kappa shape index (κ2) is 7.42. The Morgan fingerprint density at radius 2 is 1.95 bits per heavy atom. The molecule has 0 aliphatic heterocycles. The number of anilines is 3. The molecular formula is C15H21N5O. The number of aromatic nitrogens is 3. The van der Waals surface area contributed by atoms with E-state index in [4.69, 9.17) is 4.74 Å². The molecule has 0 spiro atoms. The molecule has 2 rings (SSSR count). The van der Waals surface area contributed by atoms with Gasteiger partial charge < -0.3 is 15.4 Å². The van der Waals surface area contributed by atoms with Gasteiger partial charge in [0.2, 0.25) is 5.95 Å². The highest BCUT2D eigenvalue weighted by molar-refractivity contribution is 5.57. The Morgan fingerprint density at radius 3 is 2.62 bits per heavy atom. The molecule has 0 aliphatic carbocycles. The second-order valence-electron chi connectivity index (χ2n) is 4.91. The number of hydrogen-bond donors (Lipinski definition) is 2. The lowest BCUT2D eigenvalue weighted by atomic mass is 10.3. The van der Waals surface area contributed by atoms with E-state index in [-0.39, 0.29) is 6.10 Å². The first kappa shape index (κ1) is 15.0. The summed E-state index contributed by atoms with van der Waals surface area (Å²) in [4.78, 5) is 4.35. The zero-order valence-electron chi connectivity index (χ0n) is 12.6. The molecule has 2 aromatic rings. The van der Waals surface area contributed by atoms with Crippen LogP contribution in [0.1, 0.15) is 27.2 Å². The third kappa shape index (κ3) is 4.91. The molecule has 1 aromatic carbocycles. The molecular weight excluding hydrogens is 266 g/mol. The van der Waals surface area contributed by atoms with Crippen LogP contribution in [0.3, 0.4) is 0 Å². The van der Waals surface area contributed by atoms with Gasteiger partial charge in [0.15, 0.2) is 5.82 Å². The summed E-state index contributed by atoms with van der Waals surface area (Å²) in [6.45, 7) is 6.92. The summed E-state index contributed by atoms with van der Waals surface area (Å²) in [6, 6.07) is 7.73. The van der Waals surface area contributed by atoms with Gasteiger partial charge in [-0.25, -0.2) is 0 Å². The Morgan fingerprint density at radius 1 is 1.19 bits per heavy atom. The van der Waals surface area contributed by atoms with Crippen molar-refractivity contribution in [1.29, 1.82) is 0 Å². The van der Waals surface area contributed by atoms with E-state index in [1.807, 2.05) is 38.1 Å². The van der Waals surface area contributed by atoms with Crippen LogP contribution in [0.25, 0.3) is 0 Å². The van der Waals surface area contributed by atoms with Crippen molar-refractivity contribution in [3.05, 3.63) is 30.5 Å². The average Bonchev–Trinajstić information content (AvgIpc) is 2.47. The van der Waals surface area contributed by atoms with E-state index in [0.717, 1.165) is 24.4 Å². The van der Waals surface area contributed by atoms with Crippen molar-refractivity contribution in [2.45, 2.75) is 33.3 Å². The van der Waals surface area contributed by atoms with Gasteiger partial charge in [-0.05, 0) is 44.5 Å². The van der Waals surface area contributed by atoms with Gasteiger partial charge in [-0.3, -0.25) is 0 Å². The average molecular weight is 287 g/mol. The summed E-state index contributed by atoms with van der Waals surface area (Å²) in [5.74, 6) is 2.03. The van der Waals surface area contributed by atoms with Crippen molar-refractivity contribution in [2.75, 3.05) is 17.2 Å². The summed E-state index contributed by atoms with van der Waals surface area (Å²) in [5, 5.41) is 14.2. The third-order valence-corrected chi connectivity index (χ3v) is 2.59. The zero-order valence-corrected chi connectivity index (χ0v) is 12.6. The summed E-state index contributed by atoms with van der Waals surface area (Å²) in [5.41, 5.74) is 0.924. The normalized spacial score (nSPS) is 10.5. The minimum atomic E-state index is 0.169. The minimum absolute atomic E-state index is 0.169. The van der Waals surface area contributed by atoms with E-state index >= 15 is 0 Å². The first-order valence-corrected chi connectivity index (χ1v) is 7.14. The van der Waals surface area contributed by atoms with Crippen LogP contribution in [0, 0.1) is 0 Å². The van der Waals surface area contributed by atoms with Crippen LogP contribution in [0.2, 0.25) is 0 Å². The number of nitrogens with zero attached hydrogens (tertiary/aromatic N) is 3. The van der Waals surface area contributed by atoms with Gasteiger partial charge in [0.1, 0.15) is 5.75 Å². The second-order valence-corrected chi connectivity index (χ2v) is 4.91. The predicted molar refractivity (Wildman–Crippen MR) is 84.1 cm³/mol. The van der Waals surface area contributed by atoms with Gasteiger partial charge in [0.05, 0.1) is 12.3 Å². The van der Waals surface area contributed by atoms with Crippen LogP contribution < -0.4 is 15.4 Å². The maximum atomic E-state index is 5.61. The smallest absolute Gasteiger partial charge is 0.244 e. The van der Waals surface area contributed by atoms with E-state index in [9.17, 15) is 0 Å². The Labute approximate surface area is 125 Å². The highest BCUT2D eigenvalue weighted by Gasteiger charge is 2.02. The van der Waals surface area contributed by atoms with Crippen LogP contribution in [-0.4, -0.2) is 27.8 Å². The summed E-state index contributed by atoms with van der Waals surface area (Å²) >= 11 is 0. The molecule has 0 saturated heterocycles. The molecule has 2 N–H and O–H groups in total. The molecule has 0 fully saturated rings. The van der Waals surface area contributed by atoms with Crippen LogP contribution in [0.5, 0.6) is 5.75 Å². The van der Waals surface area contributed by atoms with Crippen molar-refractivity contribution < 1.29 is 4.74 Å². The van der Waals surface area contributed by atoms with E-state index in [0.29, 0.717) is 11.8 Å². The van der Waals surface area contributed by atoms with Gasteiger partial charge in [-0.15, -0.1) is 5.10 Å². The summed E-state index contributed by atoms with van der Waals surface area (Å²) in [6.07, 6.45) is 2.77. The quantitative estimate of drug-likeness (QED) is 0.814. The molecule has 112 valence electrons. The predicted octanol–water partition coefficient (Wildman–Crippen LogP) is 3.22. The standard InChI is InChI=1S/C15H21N5O/c1-4-9-16-15-19-14(10-17-20-15)18-12-5-7-13(8-6-12)21-11(2)3/h5-8,10-11H,4,9H2,1-3H3,(H2,16,18,19,20). The monoisotopic (exact) mass is 287 g/mol. The molecule has 1 heterocycles. The van der Waals surface area contributed by atoms with Crippen LogP contribution in [-0.2, 0) is 0 Å². The highest BCUT2D eigenvalue weighted by Crippen LogP contribution is 2.19. The molecule has 6 heteroatoms. The third-order valence-electron chi connectivity index (χ3n) is 2.59. The van der Waals surface area contributed by atoms with E-state index in [2.05, 4.69) is 32.7 Å². The molecule has 0 unspecified atom stereocenters. The number of ether oxygens (including phenoxy) is 1. The fraction of sp³-hybridized carbons (Fsp3) is 0.400. The fourth-order valence-corrected chi connectivity index (χ4v) is 1.71. The number of hydrogen-bond acceptors (Lipinski definition) is 6. The van der Waals surface area contributed by atoms with Crippen LogP contribution in [0.15, 0.2) is 30.5 Å². The van der Waals surface area contributed by atoms with Crippen LogP contribution in [0.4, 0.5) is 17.5 Å². The van der Waals surface area contributed by atoms with Crippen molar-refractivity contribution in [3.63, 3.8) is 0 Å². The molecule has 0 bridgehead atoms. The number of rotatable bonds is 7.